The van der Waals surface area contributed by atoms with E-state index in [0.717, 1.165) is 22.5 Å². The molecular weight excluding hydrogens is 306 g/mol. The van der Waals surface area contributed by atoms with E-state index in [1.807, 2.05) is 25.5 Å². The van der Waals surface area contributed by atoms with Crippen LogP contribution in [0.15, 0.2) is 60.3 Å². The molecule has 0 radical (unpaired) electrons. The number of hydrogen-bond acceptors (Lipinski definition) is 6. The number of fused-ring (bicyclic) bond motifs is 1. The van der Waals surface area contributed by atoms with Crippen LogP contribution >= 0.6 is 0 Å². The lowest BCUT2D eigenvalue weighted by Crippen LogP contribution is -1.97. The van der Waals surface area contributed by atoms with Crippen molar-refractivity contribution in [2.45, 2.75) is 0 Å². The molecule has 3 heterocycles. The molecule has 0 fully saturated rings. The Labute approximate surface area is 136 Å². The highest BCUT2D eigenvalue weighted by Crippen LogP contribution is 2.25. The summed E-state index contributed by atoms with van der Waals surface area (Å²) in [6, 6.07) is 8.68. The van der Waals surface area contributed by atoms with Crippen molar-refractivity contribution in [3.05, 3.63) is 60.0 Å². The van der Waals surface area contributed by atoms with Crippen LogP contribution in [0.4, 0.5) is 17.2 Å². The number of rotatable bonds is 4. The Hall–Kier alpha value is -3.55. The second kappa shape index (κ2) is 5.58. The Morgan fingerprint density at radius 1 is 1.08 bits per heavy atom. The zero-order valence-electron chi connectivity index (χ0n) is 12.8. The van der Waals surface area contributed by atoms with Crippen molar-refractivity contribution in [1.29, 1.82) is 0 Å². The first-order valence-corrected chi connectivity index (χ1v) is 7.27. The zero-order valence-corrected chi connectivity index (χ0v) is 12.8. The molecule has 0 aliphatic heterocycles. The lowest BCUT2D eigenvalue weighted by molar-refractivity contribution is 0.768. The molecule has 0 unspecified atom stereocenters. The van der Waals surface area contributed by atoms with Crippen LogP contribution in [-0.2, 0) is 7.05 Å². The minimum atomic E-state index is 0.388. The van der Waals surface area contributed by atoms with Gasteiger partial charge < -0.3 is 5.32 Å². The van der Waals surface area contributed by atoms with E-state index in [-0.39, 0.29) is 0 Å². The maximum atomic E-state index is 10.5. The van der Waals surface area contributed by atoms with E-state index in [4.69, 9.17) is 0 Å². The van der Waals surface area contributed by atoms with Gasteiger partial charge in [0.25, 0.3) is 0 Å². The Bertz CT molecular complexity index is 1020. The normalized spacial score (nSPS) is 10.9. The summed E-state index contributed by atoms with van der Waals surface area (Å²) in [4.78, 5) is 15.1. The van der Waals surface area contributed by atoms with Gasteiger partial charge in [0, 0.05) is 36.3 Å². The van der Waals surface area contributed by atoms with E-state index in [2.05, 4.69) is 25.7 Å². The molecule has 4 aromatic rings. The lowest BCUT2D eigenvalue weighted by atomic mass is 10.2. The first-order chi connectivity index (χ1) is 11.7. The fourth-order valence-electron chi connectivity index (χ4n) is 2.46. The summed E-state index contributed by atoms with van der Waals surface area (Å²) in [5.74, 6) is 0.681. The molecule has 0 spiro atoms. The molecule has 0 aliphatic carbocycles. The summed E-state index contributed by atoms with van der Waals surface area (Å²) in [5, 5.41) is 14.6. The third-order valence-electron chi connectivity index (χ3n) is 3.63. The molecule has 1 aromatic carbocycles. The molecule has 3 aromatic heterocycles. The van der Waals surface area contributed by atoms with E-state index in [0.29, 0.717) is 11.5 Å². The second-order valence-corrected chi connectivity index (χ2v) is 5.31. The average Bonchev–Trinajstić information content (AvgIpc) is 3.21. The molecule has 8 heteroatoms. The number of anilines is 2. The van der Waals surface area contributed by atoms with E-state index >= 15 is 0 Å². The van der Waals surface area contributed by atoms with Crippen LogP contribution in [0.25, 0.3) is 16.8 Å². The van der Waals surface area contributed by atoms with Crippen molar-refractivity contribution in [2.24, 2.45) is 12.2 Å². The summed E-state index contributed by atoms with van der Waals surface area (Å²) in [6.07, 6.45) is 7.31. The molecule has 0 amide bonds. The highest BCUT2D eigenvalue weighted by Gasteiger charge is 2.10. The van der Waals surface area contributed by atoms with Crippen molar-refractivity contribution in [3.8, 4) is 11.1 Å². The molecule has 8 nitrogen and oxygen atoms in total. The van der Waals surface area contributed by atoms with Crippen molar-refractivity contribution >= 4 is 22.8 Å². The van der Waals surface area contributed by atoms with Gasteiger partial charge in [0.15, 0.2) is 5.65 Å². The smallest absolute Gasteiger partial charge is 0.165 e. The predicted octanol–water partition coefficient (Wildman–Crippen LogP) is 3.27. The maximum Gasteiger partial charge on any atom is 0.165 e. The summed E-state index contributed by atoms with van der Waals surface area (Å²) in [6.45, 7) is 0. The van der Waals surface area contributed by atoms with Crippen LogP contribution < -0.4 is 5.32 Å². The van der Waals surface area contributed by atoms with Crippen LogP contribution in [0, 0.1) is 4.91 Å². The largest absolute Gasteiger partial charge is 0.340 e. The van der Waals surface area contributed by atoms with Gasteiger partial charge in [-0.3, -0.25) is 4.68 Å². The van der Waals surface area contributed by atoms with E-state index in [1.54, 1.807) is 45.9 Å². The van der Waals surface area contributed by atoms with Crippen LogP contribution in [0.3, 0.4) is 0 Å². The van der Waals surface area contributed by atoms with Gasteiger partial charge in [-0.25, -0.2) is 9.50 Å². The number of nitrogens with one attached hydrogen (secondary N) is 1. The third-order valence-corrected chi connectivity index (χ3v) is 3.63. The van der Waals surface area contributed by atoms with Crippen molar-refractivity contribution in [3.63, 3.8) is 0 Å². The van der Waals surface area contributed by atoms with Gasteiger partial charge in [0.2, 0.25) is 0 Å². The van der Waals surface area contributed by atoms with E-state index in [9.17, 15) is 4.91 Å². The van der Waals surface area contributed by atoms with Crippen LogP contribution in [0.1, 0.15) is 0 Å². The molecule has 1 N–H and O–H groups in total. The molecule has 0 bridgehead atoms. The summed E-state index contributed by atoms with van der Waals surface area (Å²) in [5.41, 5.74) is 3.81. The summed E-state index contributed by atoms with van der Waals surface area (Å²) in [7, 11) is 1.87. The van der Waals surface area contributed by atoms with E-state index in [1.165, 1.54) is 0 Å². The minimum Gasteiger partial charge on any atom is -0.340 e. The topological polar surface area (TPSA) is 89.5 Å². The molecule has 0 saturated carbocycles. The highest BCUT2D eigenvalue weighted by atomic mass is 16.3. The van der Waals surface area contributed by atoms with Gasteiger partial charge >= 0.3 is 0 Å². The SMILES string of the molecule is Cn1cc(-c2cnn3ccc(Nc4ccc(N=O)cc4)nc23)cn1. The number of aryl methyl sites for hydroxylation is 1. The van der Waals surface area contributed by atoms with Crippen molar-refractivity contribution in [1.82, 2.24) is 24.4 Å². The van der Waals surface area contributed by atoms with Crippen LogP contribution in [0.2, 0.25) is 0 Å². The number of aromatic nitrogens is 5. The van der Waals surface area contributed by atoms with Gasteiger partial charge in [-0.05, 0) is 35.5 Å². The molecule has 24 heavy (non-hydrogen) atoms. The third kappa shape index (κ3) is 2.50. The number of nitroso groups, excluding NO2 is 1. The number of benzene rings is 1. The van der Waals surface area contributed by atoms with E-state index < -0.39 is 0 Å². The molecule has 0 aliphatic rings. The molecule has 0 atom stereocenters. The number of hydrogen-bond donors (Lipinski definition) is 1. The van der Waals surface area contributed by atoms with Crippen LogP contribution in [-0.4, -0.2) is 24.4 Å². The Kier molecular flexibility index (Phi) is 3.27. The minimum absolute atomic E-state index is 0.388. The fourth-order valence-corrected chi connectivity index (χ4v) is 2.46. The molecule has 4 rings (SSSR count). The van der Waals surface area contributed by atoms with Gasteiger partial charge in [-0.2, -0.15) is 10.2 Å². The zero-order chi connectivity index (χ0) is 16.5. The first kappa shape index (κ1) is 14.1. The van der Waals surface area contributed by atoms with Crippen LogP contribution in [0.5, 0.6) is 0 Å². The highest BCUT2D eigenvalue weighted by molar-refractivity contribution is 5.77. The van der Waals surface area contributed by atoms with Gasteiger partial charge in [-0.15, -0.1) is 4.91 Å². The average molecular weight is 319 g/mol. The maximum absolute atomic E-state index is 10.5. The Balaban J connectivity index is 1.70. The lowest BCUT2D eigenvalue weighted by Gasteiger charge is -2.06. The van der Waals surface area contributed by atoms with Crippen molar-refractivity contribution < 1.29 is 0 Å². The number of nitrogens with zero attached hydrogens (tertiary/aromatic N) is 6. The van der Waals surface area contributed by atoms with Gasteiger partial charge in [-0.1, -0.05) is 0 Å². The quantitative estimate of drug-likeness (QED) is 0.583. The van der Waals surface area contributed by atoms with Gasteiger partial charge in [0.1, 0.15) is 11.5 Å². The predicted molar refractivity (Wildman–Crippen MR) is 90.4 cm³/mol. The summed E-state index contributed by atoms with van der Waals surface area (Å²) < 4.78 is 3.45. The van der Waals surface area contributed by atoms with Gasteiger partial charge in [0.05, 0.1) is 12.4 Å². The van der Waals surface area contributed by atoms with Crippen molar-refractivity contribution in [2.75, 3.05) is 5.32 Å². The molecule has 0 saturated heterocycles. The monoisotopic (exact) mass is 319 g/mol. The second-order valence-electron chi connectivity index (χ2n) is 5.31. The molecular formula is C16H13N7O. The Morgan fingerprint density at radius 2 is 1.92 bits per heavy atom. The standard InChI is InChI=1S/C16H13N7O/c1-22-10-11(8-17-22)14-9-18-23-7-6-15(20-16(14)23)19-12-2-4-13(21-24)5-3-12/h2-10H,1H3,(H,19,20). The summed E-state index contributed by atoms with van der Waals surface area (Å²) >= 11 is 0. The Morgan fingerprint density at radius 3 is 2.62 bits per heavy atom. The fraction of sp³-hybridized carbons (Fsp3) is 0.0625. The first-order valence-electron chi connectivity index (χ1n) is 7.27. The molecule has 118 valence electrons.